The average Bonchev–Trinajstić information content (AvgIpc) is 2.56. The molecular weight excluding hydrogens is 344 g/mol. The molecule has 2 aromatic carbocycles. The van der Waals surface area contributed by atoms with Crippen molar-refractivity contribution in [3.05, 3.63) is 58.1 Å². The highest BCUT2D eigenvalue weighted by Gasteiger charge is 2.31. The van der Waals surface area contributed by atoms with Crippen LogP contribution >= 0.6 is 0 Å². The highest BCUT2D eigenvalue weighted by atomic mass is 32.2. The van der Waals surface area contributed by atoms with E-state index in [4.69, 9.17) is 0 Å². The van der Waals surface area contributed by atoms with E-state index in [1.807, 2.05) is 32.9 Å². The molecule has 0 amide bonds. The molecule has 0 atom stereocenters. The van der Waals surface area contributed by atoms with E-state index in [1.165, 1.54) is 16.8 Å². The lowest BCUT2D eigenvalue weighted by Gasteiger charge is -2.36. The van der Waals surface area contributed by atoms with Crippen molar-refractivity contribution < 1.29 is 8.42 Å². The van der Waals surface area contributed by atoms with E-state index in [9.17, 15) is 8.42 Å². The zero-order valence-electron chi connectivity index (χ0n) is 16.3. The van der Waals surface area contributed by atoms with Gasteiger partial charge in [0.25, 0.3) is 0 Å². The van der Waals surface area contributed by atoms with Gasteiger partial charge in [0.1, 0.15) is 0 Å². The number of sulfonamides is 1. The fraction of sp³-hybridized carbons (Fsp3) is 0.429. The molecule has 3 rings (SSSR count). The van der Waals surface area contributed by atoms with Crippen LogP contribution in [0.5, 0.6) is 0 Å². The van der Waals surface area contributed by atoms with Crippen LogP contribution in [0.3, 0.4) is 0 Å². The van der Waals surface area contributed by atoms with E-state index in [0.717, 1.165) is 16.7 Å². The number of benzene rings is 2. The summed E-state index contributed by atoms with van der Waals surface area (Å²) in [6, 6.07) is 10.2. The van der Waals surface area contributed by atoms with Crippen molar-refractivity contribution in [1.29, 1.82) is 0 Å². The van der Waals surface area contributed by atoms with Crippen LogP contribution in [0, 0.1) is 34.6 Å². The normalized spacial score (nSPS) is 16.1. The monoisotopic (exact) mass is 372 g/mol. The van der Waals surface area contributed by atoms with Gasteiger partial charge in [-0.3, -0.25) is 0 Å². The Bertz CT molecular complexity index is 904. The molecule has 2 aromatic rings. The summed E-state index contributed by atoms with van der Waals surface area (Å²) in [6.45, 7) is 12.5. The number of rotatable bonds is 3. The Morgan fingerprint density at radius 2 is 1.38 bits per heavy atom. The van der Waals surface area contributed by atoms with E-state index >= 15 is 0 Å². The lowest BCUT2D eigenvalue weighted by atomic mass is 10.1. The Morgan fingerprint density at radius 3 is 1.96 bits per heavy atom. The van der Waals surface area contributed by atoms with Gasteiger partial charge in [-0.2, -0.15) is 4.31 Å². The van der Waals surface area contributed by atoms with Crippen LogP contribution in [0.25, 0.3) is 0 Å². The minimum Gasteiger partial charge on any atom is -0.369 e. The van der Waals surface area contributed by atoms with Gasteiger partial charge in [-0.15, -0.1) is 0 Å². The summed E-state index contributed by atoms with van der Waals surface area (Å²) in [7, 11) is -3.46. The molecule has 0 N–H and O–H groups in total. The first-order valence-electron chi connectivity index (χ1n) is 9.11. The van der Waals surface area contributed by atoms with Crippen LogP contribution < -0.4 is 4.90 Å². The molecule has 0 spiro atoms. The molecule has 0 aliphatic carbocycles. The third kappa shape index (κ3) is 3.38. The summed E-state index contributed by atoms with van der Waals surface area (Å²) < 4.78 is 28.1. The Hall–Kier alpha value is -1.85. The van der Waals surface area contributed by atoms with Crippen molar-refractivity contribution in [2.45, 2.75) is 39.5 Å². The number of hydrogen-bond acceptors (Lipinski definition) is 3. The second-order valence-electron chi connectivity index (χ2n) is 7.34. The first-order valence-corrected chi connectivity index (χ1v) is 10.5. The molecule has 0 aromatic heterocycles. The molecule has 0 bridgehead atoms. The lowest BCUT2D eigenvalue weighted by Crippen LogP contribution is -2.49. The van der Waals surface area contributed by atoms with E-state index in [2.05, 4.69) is 36.9 Å². The number of hydrogen-bond donors (Lipinski definition) is 0. The van der Waals surface area contributed by atoms with E-state index in [0.29, 0.717) is 31.1 Å². The molecule has 4 nitrogen and oxygen atoms in total. The standard InChI is InChI=1S/C21H28N2O2S/c1-15-13-17(3)21(18(4)14-15)26(24,25)23-11-9-22(10-12-23)20-8-6-7-16(2)19(20)5/h6-8,13-14H,9-12H2,1-5H3. The molecule has 0 saturated carbocycles. The van der Waals surface area contributed by atoms with Crippen LogP contribution in [0.2, 0.25) is 0 Å². The van der Waals surface area contributed by atoms with Gasteiger partial charge in [-0.25, -0.2) is 8.42 Å². The van der Waals surface area contributed by atoms with Crippen molar-refractivity contribution in [2.24, 2.45) is 0 Å². The summed E-state index contributed by atoms with van der Waals surface area (Å²) >= 11 is 0. The fourth-order valence-corrected chi connectivity index (χ4v) is 5.78. The van der Waals surface area contributed by atoms with Crippen molar-refractivity contribution in [3.8, 4) is 0 Å². The number of anilines is 1. The highest BCUT2D eigenvalue weighted by molar-refractivity contribution is 7.89. The first kappa shape index (κ1) is 18.9. The third-order valence-corrected chi connectivity index (χ3v) is 7.56. The van der Waals surface area contributed by atoms with Crippen LogP contribution in [-0.4, -0.2) is 38.9 Å². The first-order chi connectivity index (χ1) is 12.2. The quantitative estimate of drug-likeness (QED) is 0.824. The van der Waals surface area contributed by atoms with Crippen LogP contribution in [0.1, 0.15) is 27.8 Å². The third-order valence-electron chi connectivity index (χ3n) is 5.36. The van der Waals surface area contributed by atoms with Crippen LogP contribution in [0.4, 0.5) is 5.69 Å². The van der Waals surface area contributed by atoms with Gasteiger partial charge >= 0.3 is 0 Å². The smallest absolute Gasteiger partial charge is 0.243 e. The second-order valence-corrected chi connectivity index (χ2v) is 9.21. The number of piperazine rings is 1. The summed E-state index contributed by atoms with van der Waals surface area (Å²) in [5.41, 5.74) is 6.51. The summed E-state index contributed by atoms with van der Waals surface area (Å²) in [5.74, 6) is 0. The van der Waals surface area contributed by atoms with Crippen LogP contribution in [-0.2, 0) is 10.0 Å². The maximum atomic E-state index is 13.2. The Labute approximate surface area is 157 Å². The second kappa shape index (κ2) is 7.05. The van der Waals surface area contributed by atoms with Gasteiger partial charge in [-0.1, -0.05) is 29.8 Å². The molecule has 140 valence electrons. The van der Waals surface area contributed by atoms with Crippen molar-refractivity contribution >= 4 is 15.7 Å². The van der Waals surface area contributed by atoms with Gasteiger partial charge in [0.2, 0.25) is 10.0 Å². The van der Waals surface area contributed by atoms with Gasteiger partial charge in [0, 0.05) is 31.9 Å². The SMILES string of the molecule is Cc1cc(C)c(S(=O)(=O)N2CCN(c3cccc(C)c3C)CC2)c(C)c1. The Morgan fingerprint density at radius 1 is 0.808 bits per heavy atom. The van der Waals surface area contributed by atoms with Crippen molar-refractivity contribution in [3.63, 3.8) is 0 Å². The highest BCUT2D eigenvalue weighted by Crippen LogP contribution is 2.28. The van der Waals surface area contributed by atoms with E-state index < -0.39 is 10.0 Å². The topological polar surface area (TPSA) is 40.6 Å². The summed E-state index contributed by atoms with van der Waals surface area (Å²) in [4.78, 5) is 2.77. The van der Waals surface area contributed by atoms with E-state index in [-0.39, 0.29) is 0 Å². The minimum atomic E-state index is -3.46. The predicted octanol–water partition coefficient (Wildman–Crippen LogP) is 3.74. The average molecular weight is 373 g/mol. The molecule has 1 fully saturated rings. The predicted molar refractivity (Wildman–Crippen MR) is 108 cm³/mol. The van der Waals surface area contributed by atoms with Gasteiger partial charge in [0.15, 0.2) is 0 Å². The maximum absolute atomic E-state index is 13.2. The fourth-order valence-electron chi connectivity index (χ4n) is 3.95. The van der Waals surface area contributed by atoms with Crippen LogP contribution in [0.15, 0.2) is 35.2 Å². The molecule has 1 aliphatic heterocycles. The van der Waals surface area contributed by atoms with Crippen molar-refractivity contribution in [1.82, 2.24) is 4.31 Å². The molecule has 1 aliphatic rings. The summed E-state index contributed by atoms with van der Waals surface area (Å²) in [6.07, 6.45) is 0. The van der Waals surface area contributed by atoms with Gasteiger partial charge in [-0.05, 0) is 62.9 Å². The zero-order valence-corrected chi connectivity index (χ0v) is 17.2. The molecule has 0 unspecified atom stereocenters. The molecule has 0 radical (unpaired) electrons. The van der Waals surface area contributed by atoms with Crippen molar-refractivity contribution in [2.75, 3.05) is 31.1 Å². The maximum Gasteiger partial charge on any atom is 0.243 e. The number of nitrogens with zero attached hydrogens (tertiary/aromatic N) is 2. The van der Waals surface area contributed by atoms with E-state index in [1.54, 1.807) is 4.31 Å². The van der Waals surface area contributed by atoms with Gasteiger partial charge < -0.3 is 4.90 Å². The molecule has 26 heavy (non-hydrogen) atoms. The Kier molecular flexibility index (Phi) is 5.13. The molecular formula is C21H28N2O2S. The largest absolute Gasteiger partial charge is 0.369 e. The molecule has 1 heterocycles. The molecule has 1 saturated heterocycles. The van der Waals surface area contributed by atoms with Gasteiger partial charge in [0.05, 0.1) is 4.90 Å². The zero-order chi connectivity index (χ0) is 19.1. The molecule has 5 heteroatoms. The summed E-state index contributed by atoms with van der Waals surface area (Å²) in [5, 5.41) is 0. The number of aryl methyl sites for hydroxylation is 4. The lowest BCUT2D eigenvalue weighted by molar-refractivity contribution is 0.384. The Balaban J connectivity index is 1.83. The minimum absolute atomic E-state index is 0.475.